The zero-order chi connectivity index (χ0) is 22.5. The van der Waals surface area contributed by atoms with Crippen molar-refractivity contribution in [3.8, 4) is 11.1 Å². The van der Waals surface area contributed by atoms with Gasteiger partial charge in [0.25, 0.3) is 0 Å². The monoisotopic (exact) mass is 429 g/mol. The van der Waals surface area contributed by atoms with E-state index in [0.29, 0.717) is 12.8 Å². The Morgan fingerprint density at radius 2 is 1.47 bits per heavy atom. The highest BCUT2D eigenvalue weighted by molar-refractivity contribution is 5.79. The normalized spacial score (nSPS) is 14.2. The minimum Gasteiger partial charge on any atom is -0.481 e. The molecule has 1 aliphatic carbocycles. The van der Waals surface area contributed by atoms with Crippen molar-refractivity contribution in [1.29, 1.82) is 0 Å². The van der Waals surface area contributed by atoms with Crippen LogP contribution in [-0.4, -0.2) is 29.8 Å². The van der Waals surface area contributed by atoms with Crippen molar-refractivity contribution in [3.63, 3.8) is 0 Å². The Morgan fingerprint density at radius 3 is 2.06 bits per heavy atom. The van der Waals surface area contributed by atoms with Crippen LogP contribution in [0.25, 0.3) is 11.1 Å². The molecule has 5 heteroatoms. The summed E-state index contributed by atoms with van der Waals surface area (Å²) < 4.78 is 5.65. The second-order valence-electron chi connectivity index (χ2n) is 8.33. The quantitative estimate of drug-likeness (QED) is 0.513. The molecule has 0 radical (unpaired) electrons. The van der Waals surface area contributed by atoms with Gasteiger partial charge in [0.1, 0.15) is 6.61 Å². The summed E-state index contributed by atoms with van der Waals surface area (Å²) in [6.45, 7) is 1.88. The van der Waals surface area contributed by atoms with E-state index >= 15 is 0 Å². The van der Waals surface area contributed by atoms with Crippen LogP contribution in [0.2, 0.25) is 0 Å². The fourth-order valence-electron chi connectivity index (χ4n) is 4.43. The zero-order valence-electron chi connectivity index (χ0n) is 18.0. The number of benzene rings is 3. The van der Waals surface area contributed by atoms with Gasteiger partial charge in [0.05, 0.1) is 5.92 Å². The molecule has 4 rings (SSSR count). The minimum atomic E-state index is -0.877. The van der Waals surface area contributed by atoms with Crippen molar-refractivity contribution >= 4 is 12.1 Å². The molecule has 0 fully saturated rings. The average Bonchev–Trinajstić information content (AvgIpc) is 3.12. The van der Waals surface area contributed by atoms with Gasteiger partial charge in [0.2, 0.25) is 0 Å². The van der Waals surface area contributed by atoms with E-state index in [1.807, 2.05) is 54.6 Å². The third-order valence-corrected chi connectivity index (χ3v) is 6.05. The number of ether oxygens (including phenoxy) is 1. The predicted molar refractivity (Wildman–Crippen MR) is 124 cm³/mol. The van der Waals surface area contributed by atoms with Crippen LogP contribution in [0.1, 0.15) is 36.0 Å². The minimum absolute atomic E-state index is 0.0151. The van der Waals surface area contributed by atoms with Gasteiger partial charge in [0.15, 0.2) is 0 Å². The highest BCUT2D eigenvalue weighted by atomic mass is 16.5. The number of alkyl carbamates (subject to hydrolysis) is 1. The molecule has 0 spiro atoms. The predicted octanol–water partition coefficient (Wildman–Crippen LogP) is 5.25. The lowest BCUT2D eigenvalue weighted by atomic mass is 9.96. The topological polar surface area (TPSA) is 75.6 Å². The second-order valence-corrected chi connectivity index (χ2v) is 8.33. The highest BCUT2D eigenvalue weighted by Gasteiger charge is 2.29. The molecule has 0 unspecified atom stereocenters. The number of fused-ring (bicyclic) bond motifs is 3. The van der Waals surface area contributed by atoms with E-state index in [2.05, 4.69) is 29.6 Å². The van der Waals surface area contributed by atoms with Gasteiger partial charge in [-0.3, -0.25) is 4.79 Å². The van der Waals surface area contributed by atoms with Gasteiger partial charge in [0, 0.05) is 12.0 Å². The number of carboxylic acids is 1. The Kier molecular flexibility index (Phi) is 6.55. The molecule has 0 bridgehead atoms. The molecule has 2 atom stereocenters. The number of carbonyl (C=O) groups is 2. The Labute approximate surface area is 188 Å². The zero-order valence-corrected chi connectivity index (χ0v) is 18.0. The number of hydrogen-bond donors (Lipinski definition) is 2. The molecule has 0 saturated carbocycles. The lowest BCUT2D eigenvalue weighted by Crippen LogP contribution is -2.39. The maximum absolute atomic E-state index is 12.7. The Bertz CT molecular complexity index is 1050. The van der Waals surface area contributed by atoms with E-state index in [4.69, 9.17) is 4.74 Å². The highest BCUT2D eigenvalue weighted by Crippen LogP contribution is 2.44. The van der Waals surface area contributed by atoms with Crippen molar-refractivity contribution in [3.05, 3.63) is 95.6 Å². The smallest absolute Gasteiger partial charge is 0.407 e. The van der Waals surface area contributed by atoms with Gasteiger partial charge in [-0.15, -0.1) is 0 Å². The van der Waals surface area contributed by atoms with Crippen LogP contribution in [0.5, 0.6) is 0 Å². The van der Waals surface area contributed by atoms with Crippen LogP contribution < -0.4 is 5.32 Å². The third kappa shape index (κ3) is 4.83. The SMILES string of the molecule is C[C@@H](C[C@H](Cc1ccccc1)NC(=O)OCC1c2ccccc2-c2ccccc21)C(=O)O. The van der Waals surface area contributed by atoms with Crippen LogP contribution in [0.15, 0.2) is 78.9 Å². The first-order valence-electron chi connectivity index (χ1n) is 10.9. The van der Waals surface area contributed by atoms with Gasteiger partial charge in [-0.1, -0.05) is 85.8 Å². The molecule has 3 aromatic rings. The second kappa shape index (κ2) is 9.69. The fraction of sp³-hybridized carbons (Fsp3) is 0.259. The molecule has 1 aliphatic rings. The Balaban J connectivity index is 1.43. The third-order valence-electron chi connectivity index (χ3n) is 6.05. The van der Waals surface area contributed by atoms with Gasteiger partial charge >= 0.3 is 12.1 Å². The summed E-state index contributed by atoms with van der Waals surface area (Å²) in [6, 6.07) is 25.8. The first kappa shape index (κ1) is 21.6. The number of rotatable bonds is 8. The van der Waals surface area contributed by atoms with Gasteiger partial charge in [-0.05, 0) is 40.7 Å². The number of carbonyl (C=O) groups excluding carboxylic acids is 1. The summed E-state index contributed by atoms with van der Waals surface area (Å²) in [5.74, 6) is -1.46. The summed E-state index contributed by atoms with van der Waals surface area (Å²) in [5, 5.41) is 12.2. The first-order chi connectivity index (χ1) is 15.5. The molecule has 3 aromatic carbocycles. The Hall–Kier alpha value is -3.60. The summed E-state index contributed by atoms with van der Waals surface area (Å²) >= 11 is 0. The van der Waals surface area contributed by atoms with E-state index in [0.717, 1.165) is 16.7 Å². The Morgan fingerprint density at radius 1 is 0.906 bits per heavy atom. The number of carboxylic acid groups (broad SMARTS) is 1. The van der Waals surface area contributed by atoms with Crippen molar-refractivity contribution < 1.29 is 19.4 Å². The molecular weight excluding hydrogens is 402 g/mol. The van der Waals surface area contributed by atoms with Crippen LogP contribution >= 0.6 is 0 Å². The maximum atomic E-state index is 12.7. The number of amides is 1. The van der Waals surface area contributed by atoms with E-state index in [1.54, 1.807) is 6.92 Å². The van der Waals surface area contributed by atoms with Crippen LogP contribution in [0, 0.1) is 5.92 Å². The summed E-state index contributed by atoms with van der Waals surface area (Å²) in [4.78, 5) is 24.1. The number of hydrogen-bond acceptors (Lipinski definition) is 3. The van der Waals surface area contributed by atoms with Crippen molar-refractivity contribution in [2.24, 2.45) is 5.92 Å². The van der Waals surface area contributed by atoms with Crippen molar-refractivity contribution in [1.82, 2.24) is 5.32 Å². The molecule has 0 saturated heterocycles. The van der Waals surface area contributed by atoms with Crippen molar-refractivity contribution in [2.45, 2.75) is 31.7 Å². The fourth-order valence-corrected chi connectivity index (χ4v) is 4.43. The molecule has 1 amide bonds. The van der Waals surface area contributed by atoms with Gasteiger partial charge in [-0.2, -0.15) is 0 Å². The van der Waals surface area contributed by atoms with Crippen LogP contribution in [-0.2, 0) is 16.0 Å². The lowest BCUT2D eigenvalue weighted by Gasteiger charge is -2.21. The molecule has 0 heterocycles. The van der Waals surface area contributed by atoms with Crippen molar-refractivity contribution in [2.75, 3.05) is 6.61 Å². The molecular formula is C27H27NO4. The largest absolute Gasteiger partial charge is 0.481 e. The average molecular weight is 430 g/mol. The number of nitrogens with one attached hydrogen (secondary N) is 1. The molecule has 2 N–H and O–H groups in total. The molecule has 164 valence electrons. The van der Waals surface area contributed by atoms with Crippen LogP contribution in [0.3, 0.4) is 0 Å². The van der Waals surface area contributed by atoms with E-state index in [1.165, 1.54) is 11.1 Å². The molecule has 32 heavy (non-hydrogen) atoms. The van der Waals surface area contributed by atoms with E-state index in [-0.39, 0.29) is 18.6 Å². The summed E-state index contributed by atoms with van der Waals surface area (Å²) in [6.07, 6.45) is 0.349. The standard InChI is InChI=1S/C27H27NO4/c1-18(26(29)30)15-20(16-19-9-3-2-4-10-19)28-27(31)32-17-25-23-13-7-5-11-21(23)22-12-6-8-14-24(22)25/h2-14,18,20,25H,15-17H2,1H3,(H,28,31)(H,29,30)/t18-,20+/m0/s1. The molecule has 0 aromatic heterocycles. The summed E-state index contributed by atoms with van der Waals surface area (Å²) in [7, 11) is 0. The summed E-state index contributed by atoms with van der Waals surface area (Å²) in [5.41, 5.74) is 5.70. The lowest BCUT2D eigenvalue weighted by molar-refractivity contribution is -0.141. The number of aliphatic carboxylic acids is 1. The van der Waals surface area contributed by atoms with Gasteiger partial charge in [-0.25, -0.2) is 4.79 Å². The van der Waals surface area contributed by atoms with E-state index in [9.17, 15) is 14.7 Å². The molecule has 5 nitrogen and oxygen atoms in total. The van der Waals surface area contributed by atoms with Gasteiger partial charge < -0.3 is 15.2 Å². The maximum Gasteiger partial charge on any atom is 0.407 e. The van der Waals surface area contributed by atoms with Crippen LogP contribution in [0.4, 0.5) is 4.79 Å². The first-order valence-corrected chi connectivity index (χ1v) is 10.9. The van der Waals surface area contributed by atoms with E-state index < -0.39 is 18.0 Å². The molecule has 0 aliphatic heterocycles.